The molecule has 0 unspecified atom stereocenters. The van der Waals surface area contributed by atoms with Crippen LogP contribution in [0, 0.1) is 0 Å². The van der Waals surface area contributed by atoms with Gasteiger partial charge in [0.25, 0.3) is 0 Å². The van der Waals surface area contributed by atoms with Gasteiger partial charge in [-0.2, -0.15) is 0 Å². The topological polar surface area (TPSA) is 80.2 Å². The van der Waals surface area contributed by atoms with Crippen LogP contribution in [0.2, 0.25) is 0 Å². The average Bonchev–Trinajstić information content (AvgIpc) is 2.96. The number of rotatable bonds is 4. The number of amides is 1. The quantitative estimate of drug-likeness (QED) is 0.758. The Balaban J connectivity index is 1.95. The number of aromatic nitrogens is 2. The second kappa shape index (κ2) is 5.76. The summed E-state index contributed by atoms with van der Waals surface area (Å²) in [5.41, 5.74) is 1.62. The lowest BCUT2D eigenvalue weighted by atomic mass is 10.2. The zero-order chi connectivity index (χ0) is 14.0. The molecule has 1 amide bonds. The molecule has 6 nitrogen and oxygen atoms in total. The minimum absolute atomic E-state index is 0.0673. The first-order valence-corrected chi connectivity index (χ1v) is 9.37. The summed E-state index contributed by atoms with van der Waals surface area (Å²) in [4.78, 5) is 13.8. The van der Waals surface area contributed by atoms with Crippen molar-refractivity contribution in [2.45, 2.75) is 29.0 Å². The molecule has 0 radical (unpaired) electrons. The summed E-state index contributed by atoms with van der Waals surface area (Å²) in [5, 5.41) is 7.31. The zero-order valence-electron chi connectivity index (χ0n) is 10.6. The molecular weight excluding hydrogens is 306 g/mol. The highest BCUT2D eigenvalue weighted by Gasteiger charge is 2.34. The first kappa shape index (κ1) is 14.7. The second-order valence-electron chi connectivity index (χ2n) is 4.47. The van der Waals surface area contributed by atoms with Gasteiger partial charge in [-0.15, -0.1) is 10.2 Å². The second-order valence-corrected chi connectivity index (χ2v) is 9.12. The highest BCUT2D eigenvalue weighted by Crippen LogP contribution is 2.26. The first-order chi connectivity index (χ1) is 8.89. The number of sulfone groups is 1. The molecule has 19 heavy (non-hydrogen) atoms. The first-order valence-electron chi connectivity index (χ1n) is 5.79. The standard InChI is InChI=1S/C10H15N3O3S3/c1-7(18-10-12-11-6-17-10)9(14)13(2)8-3-4-19(15,16)5-8/h6-8H,3-5H2,1-2H3/t7-,8-/m0/s1. The van der Waals surface area contributed by atoms with E-state index in [9.17, 15) is 13.2 Å². The average molecular weight is 321 g/mol. The number of hydrogen-bond acceptors (Lipinski definition) is 7. The molecule has 2 heterocycles. The van der Waals surface area contributed by atoms with Crippen LogP contribution >= 0.6 is 23.1 Å². The number of carbonyl (C=O) groups is 1. The number of thioether (sulfide) groups is 1. The molecule has 1 aliphatic rings. The molecule has 1 aliphatic heterocycles. The molecule has 1 aromatic rings. The summed E-state index contributed by atoms with van der Waals surface area (Å²) in [5.74, 6) is 0.181. The van der Waals surface area contributed by atoms with Crippen molar-refractivity contribution in [2.24, 2.45) is 0 Å². The van der Waals surface area contributed by atoms with Gasteiger partial charge in [0, 0.05) is 13.1 Å². The fourth-order valence-corrected chi connectivity index (χ4v) is 5.46. The summed E-state index contributed by atoms with van der Waals surface area (Å²) in [6, 6.07) is -0.199. The Hall–Kier alpha value is -0.670. The van der Waals surface area contributed by atoms with Gasteiger partial charge >= 0.3 is 0 Å². The van der Waals surface area contributed by atoms with Crippen LogP contribution in [0.25, 0.3) is 0 Å². The van der Waals surface area contributed by atoms with Crippen molar-refractivity contribution in [3.63, 3.8) is 0 Å². The van der Waals surface area contributed by atoms with Crippen LogP contribution in [0.5, 0.6) is 0 Å². The Labute approximate surface area is 120 Å². The molecule has 106 valence electrons. The number of carbonyl (C=O) groups excluding carboxylic acids is 1. The van der Waals surface area contributed by atoms with E-state index in [0.29, 0.717) is 6.42 Å². The van der Waals surface area contributed by atoms with Crippen molar-refractivity contribution in [3.8, 4) is 0 Å². The summed E-state index contributed by atoms with van der Waals surface area (Å²) in [6.07, 6.45) is 0.529. The van der Waals surface area contributed by atoms with E-state index in [1.165, 1.54) is 23.1 Å². The monoisotopic (exact) mass is 321 g/mol. The van der Waals surface area contributed by atoms with Crippen LogP contribution in [0.3, 0.4) is 0 Å². The summed E-state index contributed by atoms with van der Waals surface area (Å²) in [7, 11) is -1.30. The van der Waals surface area contributed by atoms with Crippen LogP contribution in [0.1, 0.15) is 13.3 Å². The lowest BCUT2D eigenvalue weighted by Crippen LogP contribution is -2.41. The van der Waals surface area contributed by atoms with Crippen molar-refractivity contribution in [1.82, 2.24) is 15.1 Å². The molecule has 0 N–H and O–H groups in total. The maximum absolute atomic E-state index is 12.2. The van der Waals surface area contributed by atoms with Gasteiger partial charge in [0.05, 0.1) is 16.8 Å². The predicted molar refractivity (Wildman–Crippen MR) is 75.1 cm³/mol. The van der Waals surface area contributed by atoms with Gasteiger partial charge in [-0.05, 0) is 13.3 Å². The van der Waals surface area contributed by atoms with Crippen molar-refractivity contribution in [1.29, 1.82) is 0 Å². The van der Waals surface area contributed by atoms with Gasteiger partial charge < -0.3 is 4.90 Å². The molecule has 9 heteroatoms. The molecule has 1 aromatic heterocycles. The highest BCUT2D eigenvalue weighted by molar-refractivity contribution is 8.02. The lowest BCUT2D eigenvalue weighted by molar-refractivity contribution is -0.130. The van der Waals surface area contributed by atoms with E-state index in [-0.39, 0.29) is 28.7 Å². The SMILES string of the molecule is C[C@H](Sc1nncs1)C(=O)N(C)[C@H]1CCS(=O)(=O)C1. The third kappa shape index (κ3) is 3.67. The van der Waals surface area contributed by atoms with Gasteiger partial charge in [-0.1, -0.05) is 23.1 Å². The molecule has 0 saturated carbocycles. The van der Waals surface area contributed by atoms with E-state index in [0.717, 1.165) is 4.34 Å². The molecular formula is C10H15N3O3S3. The van der Waals surface area contributed by atoms with Crippen molar-refractivity contribution in [3.05, 3.63) is 5.51 Å². The van der Waals surface area contributed by atoms with Gasteiger partial charge in [0.2, 0.25) is 5.91 Å². The maximum Gasteiger partial charge on any atom is 0.235 e. The van der Waals surface area contributed by atoms with Crippen LogP contribution in [0.15, 0.2) is 9.85 Å². The Kier molecular flexibility index (Phi) is 4.46. The van der Waals surface area contributed by atoms with Crippen molar-refractivity contribution >= 4 is 38.8 Å². The highest BCUT2D eigenvalue weighted by atomic mass is 32.2. The maximum atomic E-state index is 12.2. The Morgan fingerprint density at radius 2 is 2.37 bits per heavy atom. The van der Waals surface area contributed by atoms with E-state index in [4.69, 9.17) is 0 Å². The molecule has 1 fully saturated rings. The minimum atomic E-state index is -2.97. The molecule has 0 aliphatic carbocycles. The third-order valence-electron chi connectivity index (χ3n) is 3.07. The molecule has 2 rings (SSSR count). The van der Waals surface area contributed by atoms with E-state index < -0.39 is 9.84 Å². The number of nitrogens with zero attached hydrogens (tertiary/aromatic N) is 3. The van der Waals surface area contributed by atoms with Gasteiger partial charge in [0.15, 0.2) is 14.2 Å². The van der Waals surface area contributed by atoms with E-state index in [2.05, 4.69) is 10.2 Å². The Morgan fingerprint density at radius 3 is 2.89 bits per heavy atom. The summed E-state index contributed by atoms with van der Waals surface area (Å²) >= 11 is 2.74. The lowest BCUT2D eigenvalue weighted by Gasteiger charge is -2.25. The third-order valence-corrected chi connectivity index (χ3v) is 6.72. The molecule has 2 atom stereocenters. The van der Waals surface area contributed by atoms with Crippen LogP contribution < -0.4 is 0 Å². The van der Waals surface area contributed by atoms with E-state index in [1.807, 2.05) is 0 Å². The Morgan fingerprint density at radius 1 is 1.63 bits per heavy atom. The minimum Gasteiger partial charge on any atom is -0.341 e. The fourth-order valence-electron chi connectivity index (χ4n) is 1.96. The van der Waals surface area contributed by atoms with Crippen LogP contribution in [0.4, 0.5) is 0 Å². The fraction of sp³-hybridized carbons (Fsp3) is 0.700. The van der Waals surface area contributed by atoms with Gasteiger partial charge in [-0.3, -0.25) is 4.79 Å². The molecule has 1 saturated heterocycles. The number of hydrogen-bond donors (Lipinski definition) is 0. The van der Waals surface area contributed by atoms with Crippen LogP contribution in [-0.2, 0) is 14.6 Å². The van der Waals surface area contributed by atoms with Gasteiger partial charge in [0.1, 0.15) is 5.51 Å². The van der Waals surface area contributed by atoms with E-state index in [1.54, 1.807) is 24.4 Å². The Bertz CT molecular complexity index is 544. The van der Waals surface area contributed by atoms with Crippen LogP contribution in [-0.4, -0.2) is 59.3 Å². The molecule has 0 bridgehead atoms. The molecule has 0 aromatic carbocycles. The smallest absolute Gasteiger partial charge is 0.235 e. The van der Waals surface area contributed by atoms with Crippen molar-refractivity contribution in [2.75, 3.05) is 18.6 Å². The molecule has 0 spiro atoms. The summed E-state index contributed by atoms with van der Waals surface area (Å²) in [6.45, 7) is 1.80. The largest absolute Gasteiger partial charge is 0.341 e. The van der Waals surface area contributed by atoms with Gasteiger partial charge in [-0.25, -0.2) is 8.42 Å². The normalized spacial score (nSPS) is 23.2. The summed E-state index contributed by atoms with van der Waals surface area (Å²) < 4.78 is 23.6. The van der Waals surface area contributed by atoms with Crippen molar-refractivity contribution < 1.29 is 13.2 Å². The zero-order valence-corrected chi connectivity index (χ0v) is 13.1. The van der Waals surface area contributed by atoms with E-state index >= 15 is 0 Å². The predicted octanol–water partition coefficient (Wildman–Crippen LogP) is 0.664.